The van der Waals surface area contributed by atoms with Gasteiger partial charge in [0, 0.05) is 17.1 Å². The lowest BCUT2D eigenvalue weighted by atomic mass is 9.44. The third-order valence-electron chi connectivity index (χ3n) is 13.2. The molecule has 4 saturated carbocycles. The van der Waals surface area contributed by atoms with Gasteiger partial charge in [-0.15, -0.1) is 0 Å². The zero-order valence-electron chi connectivity index (χ0n) is 28.5. The Kier molecular flexibility index (Phi) is 9.44. The summed E-state index contributed by atoms with van der Waals surface area (Å²) >= 11 is 0. The van der Waals surface area contributed by atoms with E-state index in [1.54, 1.807) is 12.4 Å². The van der Waals surface area contributed by atoms with Gasteiger partial charge >= 0.3 is 0 Å². The molecule has 4 fully saturated rings. The molecule has 10 atom stereocenters. The summed E-state index contributed by atoms with van der Waals surface area (Å²) in [5.41, 5.74) is 2.23. The Morgan fingerprint density at radius 3 is 2.44 bits per heavy atom. The lowest BCUT2D eigenvalue weighted by Gasteiger charge is -2.62. The summed E-state index contributed by atoms with van der Waals surface area (Å²) in [4.78, 5) is 10.7. The van der Waals surface area contributed by atoms with Gasteiger partial charge in [0.1, 0.15) is 6.10 Å². The second-order valence-electron chi connectivity index (χ2n) is 16.2. The topological polar surface area (TPSA) is 77.9 Å². The van der Waals surface area contributed by atoms with Crippen LogP contribution in [-0.4, -0.2) is 38.1 Å². The summed E-state index contributed by atoms with van der Waals surface area (Å²) in [5, 5.41) is 5.45. The first-order chi connectivity index (χ1) is 21.4. The number of benzene rings is 1. The van der Waals surface area contributed by atoms with E-state index in [-0.39, 0.29) is 11.3 Å². The summed E-state index contributed by atoms with van der Waals surface area (Å²) in [6, 6.07) is 9.95. The average Bonchev–Trinajstić information content (AvgIpc) is 3.34. The molecule has 1 aromatic heterocycles. The molecule has 0 amide bonds. The maximum absolute atomic E-state index is 12.6. The highest BCUT2D eigenvalue weighted by Crippen LogP contribution is 2.68. The standard InChI is InChI=1S/C38H56N2O4S/c1-25(2)10-7-11-26(3)30-17-18-31-29-15-16-33-36(44-45(6,41)42)34(20-22-38(33,5)32(29)19-21-37(30,31)4)43-40-24-28-13-8-12-27-14-9-23-39-35(27)28/h8-9,12-14,23-26,29-34,36H,7,10-11,15-22H2,1-6H3/b40-24+/t26-,29+,30-,31+,32+,33+,34-,36+,37-,38-/m1/s1. The predicted octanol–water partition coefficient (Wildman–Crippen LogP) is 9.03. The predicted molar refractivity (Wildman–Crippen MR) is 182 cm³/mol. The van der Waals surface area contributed by atoms with Crippen LogP contribution in [0.3, 0.4) is 0 Å². The van der Waals surface area contributed by atoms with E-state index in [4.69, 9.17) is 9.02 Å². The Labute approximate surface area is 272 Å². The first-order valence-corrected chi connectivity index (χ1v) is 19.6. The molecule has 0 bridgehead atoms. The zero-order chi connectivity index (χ0) is 32.0. The SMILES string of the molecule is CC(C)CCC[C@@H](C)[C@H]1CC[C@H]2[C@@H]3CC[C@H]4[C@H](OS(C)(=O)=O)[C@H](O/N=C/c5cccc6cccnc56)CC[C@]4(C)[C@H]3CC[C@]12C. The fourth-order valence-corrected chi connectivity index (χ4v) is 11.8. The Morgan fingerprint density at radius 1 is 0.933 bits per heavy atom. The van der Waals surface area contributed by atoms with Crippen LogP contribution in [0.15, 0.2) is 41.7 Å². The number of aromatic nitrogens is 1. The third-order valence-corrected chi connectivity index (χ3v) is 13.8. The number of fused-ring (bicyclic) bond motifs is 6. The Balaban J connectivity index is 1.18. The molecule has 0 N–H and O–H groups in total. The number of pyridine rings is 1. The molecular formula is C38H56N2O4S. The third kappa shape index (κ3) is 6.46. The van der Waals surface area contributed by atoms with Crippen LogP contribution in [0.4, 0.5) is 0 Å². The fraction of sp³-hybridized carbons (Fsp3) is 0.737. The Morgan fingerprint density at radius 2 is 1.67 bits per heavy atom. The van der Waals surface area contributed by atoms with Crippen molar-refractivity contribution in [2.75, 3.05) is 6.26 Å². The lowest BCUT2D eigenvalue weighted by Crippen LogP contribution is -2.59. The monoisotopic (exact) mass is 636 g/mol. The van der Waals surface area contributed by atoms with E-state index in [0.29, 0.717) is 11.3 Å². The number of hydrogen-bond donors (Lipinski definition) is 0. The fourth-order valence-electron chi connectivity index (χ4n) is 11.1. The van der Waals surface area contributed by atoms with Crippen molar-refractivity contribution in [3.63, 3.8) is 0 Å². The second-order valence-corrected chi connectivity index (χ2v) is 17.8. The molecule has 0 saturated heterocycles. The van der Waals surface area contributed by atoms with E-state index in [9.17, 15) is 8.42 Å². The van der Waals surface area contributed by atoms with Crippen molar-refractivity contribution in [3.05, 3.63) is 42.1 Å². The van der Waals surface area contributed by atoms with Gasteiger partial charge in [0.25, 0.3) is 10.1 Å². The molecule has 7 heteroatoms. The van der Waals surface area contributed by atoms with Crippen LogP contribution in [0.25, 0.3) is 10.9 Å². The Bertz CT molecular complexity index is 1470. The van der Waals surface area contributed by atoms with Gasteiger partial charge < -0.3 is 4.84 Å². The molecule has 0 aliphatic heterocycles. The van der Waals surface area contributed by atoms with Crippen molar-refractivity contribution in [2.24, 2.45) is 57.4 Å². The number of nitrogens with zero attached hydrogens (tertiary/aromatic N) is 2. The van der Waals surface area contributed by atoms with Crippen molar-refractivity contribution in [3.8, 4) is 0 Å². The summed E-state index contributed by atoms with van der Waals surface area (Å²) in [5.74, 6) is 4.69. The number of para-hydroxylation sites is 1. The number of hydrogen-bond acceptors (Lipinski definition) is 6. The van der Waals surface area contributed by atoms with Crippen LogP contribution >= 0.6 is 0 Å². The molecule has 4 aliphatic carbocycles. The first kappa shape index (κ1) is 32.9. The van der Waals surface area contributed by atoms with Crippen molar-refractivity contribution >= 4 is 27.2 Å². The molecule has 6 rings (SSSR count). The highest BCUT2D eigenvalue weighted by Gasteiger charge is 2.63. The summed E-state index contributed by atoms with van der Waals surface area (Å²) in [7, 11) is -3.67. The molecule has 0 spiro atoms. The summed E-state index contributed by atoms with van der Waals surface area (Å²) in [6.07, 6.45) is 17.1. The largest absolute Gasteiger partial charge is 0.390 e. The van der Waals surface area contributed by atoms with Crippen molar-refractivity contribution in [2.45, 2.75) is 117 Å². The van der Waals surface area contributed by atoms with E-state index in [1.807, 2.05) is 30.3 Å². The van der Waals surface area contributed by atoms with Crippen LogP contribution in [0, 0.1) is 52.3 Å². The van der Waals surface area contributed by atoms with Gasteiger partial charge in [0.2, 0.25) is 0 Å². The minimum Gasteiger partial charge on any atom is -0.390 e. The molecule has 2 aromatic rings. The van der Waals surface area contributed by atoms with Gasteiger partial charge in [-0.2, -0.15) is 8.42 Å². The van der Waals surface area contributed by atoms with Gasteiger partial charge in [-0.05, 0) is 110 Å². The number of oxime groups is 1. The van der Waals surface area contributed by atoms with Crippen LogP contribution in [0.1, 0.15) is 111 Å². The summed E-state index contributed by atoms with van der Waals surface area (Å²) in [6.45, 7) is 12.3. The zero-order valence-corrected chi connectivity index (χ0v) is 29.3. The molecule has 45 heavy (non-hydrogen) atoms. The molecule has 1 heterocycles. The van der Waals surface area contributed by atoms with Crippen LogP contribution < -0.4 is 0 Å². The van der Waals surface area contributed by atoms with Crippen molar-refractivity contribution in [1.29, 1.82) is 0 Å². The lowest BCUT2D eigenvalue weighted by molar-refractivity contribution is -0.177. The molecule has 6 nitrogen and oxygen atoms in total. The molecule has 1 aromatic carbocycles. The van der Waals surface area contributed by atoms with E-state index >= 15 is 0 Å². The molecule has 248 valence electrons. The smallest absolute Gasteiger partial charge is 0.264 e. The maximum atomic E-state index is 12.6. The van der Waals surface area contributed by atoms with Gasteiger partial charge in [-0.3, -0.25) is 9.17 Å². The van der Waals surface area contributed by atoms with Crippen molar-refractivity contribution < 1.29 is 17.4 Å². The molecular weight excluding hydrogens is 580 g/mol. The van der Waals surface area contributed by atoms with Gasteiger partial charge in [0.15, 0.2) is 6.10 Å². The van der Waals surface area contributed by atoms with Gasteiger partial charge in [0.05, 0.1) is 18.0 Å². The highest BCUT2D eigenvalue weighted by molar-refractivity contribution is 7.86. The van der Waals surface area contributed by atoms with E-state index < -0.39 is 22.3 Å². The molecule has 0 unspecified atom stereocenters. The van der Waals surface area contributed by atoms with E-state index in [0.717, 1.165) is 65.3 Å². The minimum absolute atomic E-state index is 0.0453. The summed E-state index contributed by atoms with van der Waals surface area (Å²) < 4.78 is 31.2. The van der Waals surface area contributed by atoms with Gasteiger partial charge in [-0.25, -0.2) is 0 Å². The quantitative estimate of drug-likeness (QED) is 0.148. The minimum atomic E-state index is -3.67. The first-order valence-electron chi connectivity index (χ1n) is 17.8. The van der Waals surface area contributed by atoms with Crippen LogP contribution in [0.2, 0.25) is 0 Å². The second kappa shape index (κ2) is 12.9. The van der Waals surface area contributed by atoms with Crippen molar-refractivity contribution in [1.82, 2.24) is 4.98 Å². The van der Waals surface area contributed by atoms with Crippen LogP contribution in [0.5, 0.6) is 0 Å². The normalized spacial score (nSPS) is 37.4. The average molecular weight is 637 g/mol. The van der Waals surface area contributed by atoms with E-state index in [2.05, 4.69) is 44.8 Å². The van der Waals surface area contributed by atoms with Crippen LogP contribution in [-0.2, 0) is 19.1 Å². The maximum Gasteiger partial charge on any atom is 0.264 e. The highest BCUT2D eigenvalue weighted by atomic mass is 32.2. The Hall–Kier alpha value is -1.99. The van der Waals surface area contributed by atoms with E-state index in [1.165, 1.54) is 57.6 Å². The molecule has 4 aliphatic rings. The number of rotatable bonds is 10. The van der Waals surface area contributed by atoms with Gasteiger partial charge in [-0.1, -0.05) is 83.3 Å². The molecule has 0 radical (unpaired) electrons.